The molecular formula is C19H17ClN5O+. The van der Waals surface area contributed by atoms with Crippen LogP contribution in [0.1, 0.15) is 23.2 Å². The maximum atomic E-state index is 6.00. The largest absolute Gasteiger partial charge is 0.463 e. The van der Waals surface area contributed by atoms with Crippen molar-refractivity contribution in [3.05, 3.63) is 95.2 Å². The monoisotopic (exact) mass is 366 g/mol. The summed E-state index contributed by atoms with van der Waals surface area (Å²) in [6.07, 6.45) is 1.68. The Balaban J connectivity index is 1.70. The average molecular weight is 367 g/mol. The molecule has 0 fully saturated rings. The lowest BCUT2D eigenvalue weighted by molar-refractivity contribution is -0.705. The molecule has 0 bridgehead atoms. The van der Waals surface area contributed by atoms with Gasteiger partial charge in [-0.1, -0.05) is 41.9 Å². The van der Waals surface area contributed by atoms with Gasteiger partial charge in [-0.2, -0.15) is 4.68 Å². The summed E-state index contributed by atoms with van der Waals surface area (Å²) in [5.41, 5.74) is 1.98. The Morgan fingerprint density at radius 2 is 1.81 bits per heavy atom. The van der Waals surface area contributed by atoms with Crippen molar-refractivity contribution in [1.82, 2.24) is 20.2 Å². The Morgan fingerprint density at radius 1 is 1.00 bits per heavy atom. The van der Waals surface area contributed by atoms with Crippen molar-refractivity contribution in [3.8, 4) is 5.69 Å². The molecule has 4 aromatic rings. The van der Waals surface area contributed by atoms with Crippen molar-refractivity contribution in [2.24, 2.45) is 0 Å². The molecule has 0 radical (unpaired) electrons. The minimum atomic E-state index is -0.0769. The van der Waals surface area contributed by atoms with Crippen molar-refractivity contribution in [3.63, 3.8) is 0 Å². The van der Waals surface area contributed by atoms with Crippen LogP contribution in [0.4, 0.5) is 0 Å². The second kappa shape index (κ2) is 7.51. The van der Waals surface area contributed by atoms with E-state index in [0.29, 0.717) is 11.6 Å². The van der Waals surface area contributed by atoms with Crippen LogP contribution < -0.4 is 5.32 Å². The fraction of sp³-hybridized carbons (Fsp3) is 0.105. The number of halogens is 1. The molecule has 2 N–H and O–H groups in total. The first-order chi connectivity index (χ1) is 12.8. The van der Waals surface area contributed by atoms with Crippen molar-refractivity contribution >= 4 is 11.6 Å². The van der Waals surface area contributed by atoms with Crippen LogP contribution in [0, 0.1) is 0 Å². The fourth-order valence-electron chi connectivity index (χ4n) is 2.87. The molecule has 0 aliphatic carbocycles. The van der Waals surface area contributed by atoms with E-state index in [1.165, 1.54) is 0 Å². The zero-order chi connectivity index (χ0) is 17.8. The smallest absolute Gasteiger partial charge is 0.218 e. The fourth-order valence-corrected chi connectivity index (χ4v) is 2.99. The zero-order valence-electron chi connectivity index (χ0n) is 13.9. The number of tetrazole rings is 1. The van der Waals surface area contributed by atoms with Gasteiger partial charge in [-0.3, -0.25) is 0 Å². The lowest BCUT2D eigenvalue weighted by Gasteiger charge is -2.15. The normalized spacial score (nSPS) is 12.2. The third kappa shape index (κ3) is 3.51. The summed E-state index contributed by atoms with van der Waals surface area (Å²) in [5, 5.41) is 15.2. The quantitative estimate of drug-likeness (QED) is 0.569. The number of benzene rings is 2. The first-order valence-electron chi connectivity index (χ1n) is 8.26. The number of hydrogen-bond donors (Lipinski definition) is 1. The number of hydrogen-bond acceptors (Lipinski definition) is 4. The Bertz CT molecular complexity index is 951. The summed E-state index contributed by atoms with van der Waals surface area (Å²) in [6.45, 7) is 0.681. The number of nitrogens with zero attached hydrogens (tertiary/aromatic N) is 4. The second-order valence-corrected chi connectivity index (χ2v) is 6.27. The summed E-state index contributed by atoms with van der Waals surface area (Å²) in [5.74, 6) is 1.64. The standard InChI is InChI=1S/C19H16ClN5O/c20-15-8-10-16(11-9-15)25-19(22-23-24-25)18(14-5-2-1-3-6-14)21-13-17-7-4-12-26-17/h1-12,18,21H,13H2/p+1/t18-/m1/s1. The van der Waals surface area contributed by atoms with Gasteiger partial charge in [0.25, 0.3) is 0 Å². The van der Waals surface area contributed by atoms with E-state index in [0.717, 1.165) is 22.8 Å². The van der Waals surface area contributed by atoms with Gasteiger partial charge in [0.15, 0.2) is 11.8 Å². The number of aromatic nitrogens is 4. The minimum Gasteiger partial charge on any atom is -0.463 e. The number of furan rings is 1. The van der Waals surface area contributed by atoms with Crippen LogP contribution in [0.5, 0.6) is 0 Å². The highest BCUT2D eigenvalue weighted by molar-refractivity contribution is 6.30. The van der Waals surface area contributed by atoms with Crippen LogP contribution in [0.25, 0.3) is 5.69 Å². The van der Waals surface area contributed by atoms with Crippen molar-refractivity contribution in [2.45, 2.75) is 12.6 Å². The van der Waals surface area contributed by atoms with E-state index in [9.17, 15) is 0 Å². The topological polar surface area (TPSA) is 73.3 Å². The number of rotatable bonds is 6. The van der Waals surface area contributed by atoms with Gasteiger partial charge in [0.1, 0.15) is 6.54 Å². The van der Waals surface area contributed by atoms with Gasteiger partial charge >= 0.3 is 0 Å². The summed E-state index contributed by atoms with van der Waals surface area (Å²) in [4.78, 5) is 0. The molecule has 6 nitrogen and oxygen atoms in total. The van der Waals surface area contributed by atoms with E-state index in [1.807, 2.05) is 54.6 Å². The molecule has 0 amide bonds. The van der Waals surface area contributed by atoms with E-state index in [1.54, 1.807) is 10.9 Å². The molecule has 0 saturated carbocycles. The molecule has 130 valence electrons. The van der Waals surface area contributed by atoms with E-state index >= 15 is 0 Å². The maximum Gasteiger partial charge on any atom is 0.218 e. The minimum absolute atomic E-state index is 0.0769. The van der Waals surface area contributed by atoms with Gasteiger partial charge in [0.2, 0.25) is 5.82 Å². The van der Waals surface area contributed by atoms with E-state index in [2.05, 4.69) is 33.0 Å². The molecule has 2 aromatic carbocycles. The third-order valence-corrected chi connectivity index (χ3v) is 4.39. The second-order valence-electron chi connectivity index (χ2n) is 5.83. The van der Waals surface area contributed by atoms with Crippen LogP contribution in [0.15, 0.2) is 77.4 Å². The Hall–Kier alpha value is -2.96. The van der Waals surface area contributed by atoms with Gasteiger partial charge < -0.3 is 9.73 Å². The van der Waals surface area contributed by atoms with Crippen molar-refractivity contribution < 1.29 is 9.73 Å². The first kappa shape index (κ1) is 16.5. The van der Waals surface area contributed by atoms with E-state index in [-0.39, 0.29) is 6.04 Å². The van der Waals surface area contributed by atoms with Crippen molar-refractivity contribution in [2.75, 3.05) is 0 Å². The summed E-state index contributed by atoms with van der Waals surface area (Å²) in [7, 11) is 0. The summed E-state index contributed by atoms with van der Waals surface area (Å²) in [6, 6.07) is 21.4. The van der Waals surface area contributed by atoms with Crippen molar-refractivity contribution in [1.29, 1.82) is 0 Å². The predicted octanol–water partition coefficient (Wildman–Crippen LogP) is 2.76. The highest BCUT2D eigenvalue weighted by atomic mass is 35.5. The molecule has 4 rings (SSSR count). The molecule has 1 atom stereocenters. The van der Waals surface area contributed by atoms with E-state index in [4.69, 9.17) is 16.0 Å². The van der Waals surface area contributed by atoms with Crippen LogP contribution in [0.2, 0.25) is 5.02 Å². The van der Waals surface area contributed by atoms with Gasteiger partial charge in [-0.05, 0) is 46.8 Å². The average Bonchev–Trinajstić information content (AvgIpc) is 3.36. The molecule has 7 heteroatoms. The SMILES string of the molecule is Clc1ccc(-n2nnnc2[C@H]([NH2+]Cc2ccco2)c2ccccc2)cc1. The first-order valence-corrected chi connectivity index (χ1v) is 8.64. The molecule has 0 spiro atoms. The molecule has 0 saturated heterocycles. The van der Waals surface area contributed by atoms with Gasteiger partial charge in [0, 0.05) is 10.6 Å². The molecule has 2 heterocycles. The Labute approximate surface area is 155 Å². The van der Waals surface area contributed by atoms with Gasteiger partial charge in [0.05, 0.1) is 12.0 Å². The maximum absolute atomic E-state index is 6.00. The zero-order valence-corrected chi connectivity index (χ0v) is 14.6. The number of nitrogens with two attached hydrogens (primary N) is 1. The van der Waals surface area contributed by atoms with Gasteiger partial charge in [-0.15, -0.1) is 5.10 Å². The lowest BCUT2D eigenvalue weighted by atomic mass is 10.1. The molecule has 2 aromatic heterocycles. The van der Waals surface area contributed by atoms with Crippen LogP contribution >= 0.6 is 11.6 Å². The molecule has 0 unspecified atom stereocenters. The lowest BCUT2D eigenvalue weighted by Crippen LogP contribution is -2.84. The van der Waals surface area contributed by atoms with Crippen LogP contribution in [-0.2, 0) is 6.54 Å². The summed E-state index contributed by atoms with van der Waals surface area (Å²) >= 11 is 6.00. The molecular weight excluding hydrogens is 350 g/mol. The van der Waals surface area contributed by atoms with E-state index < -0.39 is 0 Å². The van der Waals surface area contributed by atoms with Crippen LogP contribution in [-0.4, -0.2) is 20.2 Å². The molecule has 0 aliphatic heterocycles. The number of quaternary nitrogens is 1. The predicted molar refractivity (Wildman–Crippen MR) is 96.8 cm³/mol. The highest BCUT2D eigenvalue weighted by Gasteiger charge is 2.25. The summed E-state index contributed by atoms with van der Waals surface area (Å²) < 4.78 is 7.20. The molecule has 0 aliphatic rings. The Kier molecular flexibility index (Phi) is 4.77. The van der Waals surface area contributed by atoms with Crippen LogP contribution in [0.3, 0.4) is 0 Å². The Morgan fingerprint density at radius 3 is 2.54 bits per heavy atom. The molecule has 26 heavy (non-hydrogen) atoms. The third-order valence-electron chi connectivity index (χ3n) is 4.14. The van der Waals surface area contributed by atoms with Gasteiger partial charge in [-0.25, -0.2) is 0 Å². The highest BCUT2D eigenvalue weighted by Crippen LogP contribution is 2.20.